The van der Waals surface area contributed by atoms with Crippen LogP contribution in [0.25, 0.3) is 17.0 Å². The van der Waals surface area contributed by atoms with Crippen LogP contribution in [0.5, 0.6) is 5.88 Å². The lowest BCUT2D eigenvalue weighted by Crippen LogP contribution is -2.44. The van der Waals surface area contributed by atoms with Crippen LogP contribution in [0.3, 0.4) is 0 Å². The molecule has 0 bridgehead atoms. The van der Waals surface area contributed by atoms with Gasteiger partial charge in [-0.3, -0.25) is 4.90 Å². The quantitative estimate of drug-likeness (QED) is 0.680. The maximum Gasteiger partial charge on any atom is 0.224 e. The maximum atomic E-state index is 5.93. The van der Waals surface area contributed by atoms with Gasteiger partial charge in [0.2, 0.25) is 5.88 Å². The zero-order chi connectivity index (χ0) is 17.6. The molecule has 0 spiro atoms. The van der Waals surface area contributed by atoms with Crippen LogP contribution in [0.4, 0.5) is 0 Å². The highest BCUT2D eigenvalue weighted by Crippen LogP contribution is 2.21. The lowest BCUT2D eigenvalue weighted by molar-refractivity contribution is -0.0450. The molecule has 2 aromatic heterocycles. The zero-order valence-corrected chi connectivity index (χ0v) is 14.5. The van der Waals surface area contributed by atoms with Crippen molar-refractivity contribution in [1.82, 2.24) is 14.9 Å². The summed E-state index contributed by atoms with van der Waals surface area (Å²) in [6.07, 6.45) is 7.34. The minimum Gasteiger partial charge on any atom is -0.474 e. The van der Waals surface area contributed by atoms with Crippen LogP contribution in [0.15, 0.2) is 59.5 Å². The van der Waals surface area contributed by atoms with Gasteiger partial charge < -0.3 is 13.9 Å². The molecular formula is C20H21N3O3. The molecule has 0 radical (unpaired) electrons. The molecule has 3 heterocycles. The van der Waals surface area contributed by atoms with E-state index < -0.39 is 0 Å². The first-order valence-corrected chi connectivity index (χ1v) is 8.75. The molecule has 1 aromatic carbocycles. The highest BCUT2D eigenvalue weighted by atomic mass is 16.5. The first-order valence-electron chi connectivity index (χ1n) is 8.75. The van der Waals surface area contributed by atoms with E-state index in [-0.39, 0.29) is 6.10 Å². The van der Waals surface area contributed by atoms with Crippen molar-refractivity contribution in [3.63, 3.8) is 0 Å². The third-order valence-corrected chi connectivity index (χ3v) is 4.32. The Bertz CT molecular complexity index is 858. The number of fused-ring (bicyclic) bond motifs is 1. The third-order valence-electron chi connectivity index (χ3n) is 4.32. The van der Waals surface area contributed by atoms with E-state index in [1.54, 1.807) is 6.26 Å². The summed E-state index contributed by atoms with van der Waals surface area (Å²) in [5.74, 6) is 1.47. The van der Waals surface area contributed by atoms with Gasteiger partial charge in [0.25, 0.3) is 0 Å². The number of rotatable bonds is 6. The van der Waals surface area contributed by atoms with E-state index >= 15 is 0 Å². The number of para-hydroxylation sites is 1. The number of hydrogen-bond acceptors (Lipinski definition) is 6. The average molecular weight is 351 g/mol. The van der Waals surface area contributed by atoms with E-state index in [1.807, 2.05) is 42.5 Å². The second-order valence-electron chi connectivity index (χ2n) is 6.18. The lowest BCUT2D eigenvalue weighted by atomic mass is 10.2. The summed E-state index contributed by atoms with van der Waals surface area (Å²) in [4.78, 5) is 10.9. The summed E-state index contributed by atoms with van der Waals surface area (Å²) in [6, 6.07) is 11.7. The van der Waals surface area contributed by atoms with Crippen LogP contribution < -0.4 is 4.74 Å². The fourth-order valence-corrected chi connectivity index (χ4v) is 3.02. The molecule has 1 fully saturated rings. The van der Waals surface area contributed by atoms with Crippen molar-refractivity contribution in [2.75, 3.05) is 32.8 Å². The predicted octanol–water partition coefficient (Wildman–Crippen LogP) is 3.02. The number of ether oxygens (including phenoxy) is 2. The Morgan fingerprint density at radius 1 is 1.19 bits per heavy atom. The Kier molecular flexibility index (Phi) is 5.23. The molecule has 26 heavy (non-hydrogen) atoms. The maximum absolute atomic E-state index is 5.93. The molecule has 1 unspecified atom stereocenters. The molecule has 3 aromatic rings. The Morgan fingerprint density at radius 3 is 3.08 bits per heavy atom. The van der Waals surface area contributed by atoms with E-state index in [2.05, 4.69) is 20.9 Å². The third kappa shape index (κ3) is 4.09. The average Bonchev–Trinajstić information content (AvgIpc) is 3.20. The molecule has 0 amide bonds. The molecule has 0 saturated carbocycles. The second kappa shape index (κ2) is 8.12. The summed E-state index contributed by atoms with van der Waals surface area (Å²) < 4.78 is 17.1. The molecule has 0 N–H and O–H groups in total. The molecule has 1 aliphatic heterocycles. The van der Waals surface area contributed by atoms with Gasteiger partial charge in [-0.05, 0) is 30.3 Å². The summed E-state index contributed by atoms with van der Waals surface area (Å²) in [6.45, 7) is 3.77. The Labute approximate surface area is 152 Å². The van der Waals surface area contributed by atoms with Gasteiger partial charge in [0.15, 0.2) is 0 Å². The van der Waals surface area contributed by atoms with Gasteiger partial charge in [0.05, 0.1) is 23.8 Å². The summed E-state index contributed by atoms with van der Waals surface area (Å²) in [7, 11) is 0. The SMILES string of the molecule is C(=C/c1ccco1)/CN1CCOC(COc2ncnc3ccccc23)C1. The highest BCUT2D eigenvalue weighted by molar-refractivity contribution is 5.82. The molecule has 6 heteroatoms. The Hall–Kier alpha value is -2.70. The van der Waals surface area contributed by atoms with Crippen LogP contribution >= 0.6 is 0 Å². The van der Waals surface area contributed by atoms with E-state index in [0.29, 0.717) is 19.1 Å². The van der Waals surface area contributed by atoms with Crippen molar-refractivity contribution >= 4 is 17.0 Å². The zero-order valence-electron chi connectivity index (χ0n) is 14.5. The van der Waals surface area contributed by atoms with E-state index in [1.165, 1.54) is 6.33 Å². The van der Waals surface area contributed by atoms with Gasteiger partial charge in [-0.1, -0.05) is 18.2 Å². The smallest absolute Gasteiger partial charge is 0.224 e. The normalized spacial score (nSPS) is 18.5. The molecule has 0 aliphatic carbocycles. The first-order chi connectivity index (χ1) is 12.9. The Balaban J connectivity index is 1.32. The minimum atomic E-state index is 0.0227. The van der Waals surface area contributed by atoms with Gasteiger partial charge in [-0.15, -0.1) is 0 Å². The van der Waals surface area contributed by atoms with Crippen molar-refractivity contribution < 1.29 is 13.9 Å². The van der Waals surface area contributed by atoms with Crippen molar-refractivity contribution in [1.29, 1.82) is 0 Å². The van der Waals surface area contributed by atoms with Gasteiger partial charge in [0, 0.05) is 19.6 Å². The van der Waals surface area contributed by atoms with Crippen LogP contribution in [-0.2, 0) is 4.74 Å². The van der Waals surface area contributed by atoms with Crippen molar-refractivity contribution in [3.05, 3.63) is 60.8 Å². The van der Waals surface area contributed by atoms with E-state index in [9.17, 15) is 0 Å². The summed E-state index contributed by atoms with van der Waals surface area (Å²) in [5.41, 5.74) is 0.881. The fourth-order valence-electron chi connectivity index (χ4n) is 3.02. The van der Waals surface area contributed by atoms with Gasteiger partial charge in [-0.25, -0.2) is 9.97 Å². The molecule has 6 nitrogen and oxygen atoms in total. The van der Waals surface area contributed by atoms with Gasteiger partial charge in [-0.2, -0.15) is 0 Å². The largest absolute Gasteiger partial charge is 0.474 e. The van der Waals surface area contributed by atoms with E-state index in [4.69, 9.17) is 13.9 Å². The highest BCUT2D eigenvalue weighted by Gasteiger charge is 2.20. The lowest BCUT2D eigenvalue weighted by Gasteiger charge is -2.31. The molecule has 1 saturated heterocycles. The van der Waals surface area contributed by atoms with Crippen LogP contribution in [-0.4, -0.2) is 53.8 Å². The second-order valence-corrected chi connectivity index (χ2v) is 6.18. The van der Waals surface area contributed by atoms with Crippen molar-refractivity contribution in [3.8, 4) is 5.88 Å². The van der Waals surface area contributed by atoms with Gasteiger partial charge >= 0.3 is 0 Å². The molecule has 4 rings (SSSR count). The van der Waals surface area contributed by atoms with Crippen LogP contribution in [0.1, 0.15) is 5.76 Å². The van der Waals surface area contributed by atoms with Crippen LogP contribution in [0.2, 0.25) is 0 Å². The molecule has 1 atom stereocenters. The topological polar surface area (TPSA) is 60.6 Å². The number of aromatic nitrogens is 2. The number of nitrogens with zero attached hydrogens (tertiary/aromatic N) is 3. The number of benzene rings is 1. The minimum absolute atomic E-state index is 0.0227. The number of morpholine rings is 1. The molecule has 1 aliphatic rings. The van der Waals surface area contributed by atoms with Crippen molar-refractivity contribution in [2.45, 2.75) is 6.10 Å². The van der Waals surface area contributed by atoms with E-state index in [0.717, 1.165) is 36.3 Å². The summed E-state index contributed by atoms with van der Waals surface area (Å²) in [5, 5.41) is 0.920. The number of furan rings is 1. The molecular weight excluding hydrogens is 330 g/mol. The van der Waals surface area contributed by atoms with Crippen LogP contribution in [0, 0.1) is 0 Å². The first kappa shape index (κ1) is 16.8. The standard InChI is InChI=1S/C20H21N3O3/c1-2-8-19-18(7-1)20(22-15-21-19)26-14-17-13-23(10-12-25-17)9-3-5-16-6-4-11-24-16/h1-8,11,15,17H,9-10,12-14H2/b5-3-. The summed E-state index contributed by atoms with van der Waals surface area (Å²) >= 11 is 0. The monoisotopic (exact) mass is 351 g/mol. The van der Waals surface area contributed by atoms with Crippen molar-refractivity contribution in [2.24, 2.45) is 0 Å². The van der Waals surface area contributed by atoms with Gasteiger partial charge in [0.1, 0.15) is 24.8 Å². The molecule has 134 valence electrons. The fraction of sp³-hybridized carbons (Fsp3) is 0.300. The predicted molar refractivity (Wildman–Crippen MR) is 99.0 cm³/mol. The Morgan fingerprint density at radius 2 is 2.15 bits per heavy atom. The number of hydrogen-bond donors (Lipinski definition) is 0.